The van der Waals surface area contributed by atoms with Crippen LogP contribution in [0.4, 0.5) is 13.2 Å². The minimum absolute atomic E-state index is 0. The fraction of sp³-hybridized carbons (Fsp3) is 0.450. The van der Waals surface area contributed by atoms with E-state index in [9.17, 15) is 18.0 Å². The maximum Gasteiger partial charge on any atom is 0.416 e. The molecule has 2 heterocycles. The van der Waals surface area contributed by atoms with Crippen LogP contribution >= 0.6 is 35.3 Å². The van der Waals surface area contributed by atoms with Gasteiger partial charge in [-0.25, -0.2) is 0 Å². The summed E-state index contributed by atoms with van der Waals surface area (Å²) in [5.41, 5.74) is 0.738. The van der Waals surface area contributed by atoms with E-state index in [2.05, 4.69) is 5.32 Å². The number of rotatable bonds is 4. The summed E-state index contributed by atoms with van der Waals surface area (Å²) in [5, 5.41) is 5.39. The first-order chi connectivity index (χ1) is 13.2. The van der Waals surface area contributed by atoms with Gasteiger partial charge >= 0.3 is 6.18 Å². The van der Waals surface area contributed by atoms with Gasteiger partial charge in [-0.2, -0.15) is 13.2 Å². The number of nitrogens with zero attached hydrogens (tertiary/aromatic N) is 1. The Kier molecular flexibility index (Phi) is 8.01. The lowest BCUT2D eigenvalue weighted by molar-refractivity contribution is -0.137. The first-order valence-electron chi connectivity index (χ1n) is 9.03. The lowest BCUT2D eigenvalue weighted by Gasteiger charge is -2.34. The van der Waals surface area contributed by atoms with Crippen molar-refractivity contribution in [2.45, 2.75) is 32.0 Å². The monoisotopic (exact) mass is 466 g/mol. The molecule has 3 rings (SSSR count). The SMILES string of the molecule is Cc1ccsc1[C@H]1CNCC[C@@H]1C(=O)N(C)Cc1cc(Cl)cc(C(F)(F)F)c1.Cl. The summed E-state index contributed by atoms with van der Waals surface area (Å²) in [6, 6.07) is 5.47. The van der Waals surface area contributed by atoms with Crippen LogP contribution in [0.25, 0.3) is 0 Å². The second kappa shape index (κ2) is 9.69. The molecule has 1 aliphatic rings. The Morgan fingerprint density at radius 2 is 2.07 bits per heavy atom. The molecule has 29 heavy (non-hydrogen) atoms. The first kappa shape index (κ1) is 24.0. The number of piperidine rings is 1. The van der Waals surface area contributed by atoms with Crippen LogP contribution in [-0.4, -0.2) is 30.9 Å². The minimum atomic E-state index is -4.47. The van der Waals surface area contributed by atoms with Crippen molar-refractivity contribution < 1.29 is 18.0 Å². The van der Waals surface area contributed by atoms with Crippen molar-refractivity contribution >= 4 is 41.3 Å². The van der Waals surface area contributed by atoms with Gasteiger partial charge in [0.05, 0.1) is 5.56 Å². The van der Waals surface area contributed by atoms with Crippen molar-refractivity contribution in [2.24, 2.45) is 5.92 Å². The molecule has 9 heteroatoms. The second-order valence-electron chi connectivity index (χ2n) is 7.21. The fourth-order valence-electron chi connectivity index (χ4n) is 3.73. The standard InChI is InChI=1S/C20H22ClF3N2OS.ClH/c1-12-4-6-28-18(12)17-10-25-5-3-16(17)19(27)26(2)11-13-7-14(20(22,23)24)9-15(21)8-13;/h4,6-9,16-17,25H,3,5,10-11H2,1-2H3;1H/t16-,17-;/m0./s1. The predicted octanol–water partition coefficient (Wildman–Crippen LogP) is 5.50. The molecule has 0 saturated carbocycles. The molecule has 1 amide bonds. The van der Waals surface area contributed by atoms with Crippen LogP contribution in [0.2, 0.25) is 5.02 Å². The third-order valence-electron chi connectivity index (χ3n) is 5.12. The third-order valence-corrected chi connectivity index (χ3v) is 6.49. The quantitative estimate of drug-likeness (QED) is 0.644. The third kappa shape index (κ3) is 5.66. The van der Waals surface area contributed by atoms with Crippen LogP contribution in [0.3, 0.4) is 0 Å². The zero-order valence-corrected chi connectivity index (χ0v) is 18.4. The molecule has 1 aliphatic heterocycles. The molecule has 0 radical (unpaired) electrons. The highest BCUT2D eigenvalue weighted by atomic mass is 35.5. The molecule has 0 spiro atoms. The number of nitrogens with one attached hydrogen (secondary N) is 1. The van der Waals surface area contributed by atoms with Crippen LogP contribution in [0.5, 0.6) is 0 Å². The average Bonchev–Trinajstić information content (AvgIpc) is 3.05. The molecular weight excluding hydrogens is 444 g/mol. The summed E-state index contributed by atoms with van der Waals surface area (Å²) < 4.78 is 39.1. The van der Waals surface area contributed by atoms with Crippen molar-refractivity contribution in [1.82, 2.24) is 10.2 Å². The van der Waals surface area contributed by atoms with Crippen LogP contribution in [0.1, 0.15) is 33.9 Å². The number of aryl methyl sites for hydroxylation is 1. The van der Waals surface area contributed by atoms with Gasteiger partial charge in [0.25, 0.3) is 0 Å². The van der Waals surface area contributed by atoms with E-state index in [0.717, 1.165) is 25.2 Å². The second-order valence-corrected chi connectivity index (χ2v) is 8.60. The summed E-state index contributed by atoms with van der Waals surface area (Å²) in [6.45, 7) is 3.60. The number of benzene rings is 1. The van der Waals surface area contributed by atoms with Gasteiger partial charge < -0.3 is 10.2 Å². The highest BCUT2D eigenvalue weighted by Gasteiger charge is 2.35. The molecule has 1 N–H and O–H groups in total. The Morgan fingerprint density at radius 3 is 2.69 bits per heavy atom. The van der Waals surface area contributed by atoms with Crippen LogP contribution in [-0.2, 0) is 17.5 Å². The van der Waals surface area contributed by atoms with E-state index in [1.165, 1.54) is 21.4 Å². The molecular formula is C20H23Cl2F3N2OS. The lowest BCUT2D eigenvalue weighted by atomic mass is 9.83. The number of thiophene rings is 1. The number of carbonyl (C=O) groups excluding carboxylic acids is 1. The summed E-state index contributed by atoms with van der Waals surface area (Å²) in [4.78, 5) is 15.8. The van der Waals surface area contributed by atoms with Gasteiger partial charge in [-0.1, -0.05) is 11.6 Å². The maximum atomic E-state index is 13.1. The van der Waals surface area contributed by atoms with Crippen molar-refractivity contribution in [3.05, 3.63) is 56.2 Å². The largest absolute Gasteiger partial charge is 0.416 e. The lowest BCUT2D eigenvalue weighted by Crippen LogP contribution is -2.43. The average molecular weight is 467 g/mol. The van der Waals surface area contributed by atoms with Gasteiger partial charge in [-0.05, 0) is 60.7 Å². The van der Waals surface area contributed by atoms with E-state index < -0.39 is 11.7 Å². The van der Waals surface area contributed by atoms with Crippen LogP contribution < -0.4 is 5.32 Å². The number of halogens is 5. The van der Waals surface area contributed by atoms with Crippen LogP contribution in [0, 0.1) is 12.8 Å². The van der Waals surface area contributed by atoms with Crippen molar-refractivity contribution in [3.8, 4) is 0 Å². The first-order valence-corrected chi connectivity index (χ1v) is 10.3. The van der Waals surface area contributed by atoms with E-state index in [4.69, 9.17) is 11.6 Å². The molecule has 0 bridgehead atoms. The Bertz CT molecular complexity index is 856. The summed E-state index contributed by atoms with van der Waals surface area (Å²) >= 11 is 7.51. The molecule has 0 unspecified atom stereocenters. The van der Waals surface area contributed by atoms with E-state index in [0.29, 0.717) is 12.0 Å². The van der Waals surface area contributed by atoms with E-state index in [1.54, 1.807) is 18.4 Å². The molecule has 1 aromatic carbocycles. The van der Waals surface area contributed by atoms with E-state index in [1.807, 2.05) is 18.4 Å². The Labute approximate surface area is 183 Å². The smallest absolute Gasteiger partial charge is 0.341 e. The van der Waals surface area contributed by atoms with Gasteiger partial charge in [0, 0.05) is 41.9 Å². The number of alkyl halides is 3. The molecule has 0 aliphatic carbocycles. The highest BCUT2D eigenvalue weighted by molar-refractivity contribution is 7.10. The van der Waals surface area contributed by atoms with E-state index in [-0.39, 0.29) is 41.7 Å². The van der Waals surface area contributed by atoms with E-state index >= 15 is 0 Å². The minimum Gasteiger partial charge on any atom is -0.341 e. The predicted molar refractivity (Wildman–Crippen MR) is 113 cm³/mol. The normalized spacial score (nSPS) is 19.5. The number of hydrogen-bond acceptors (Lipinski definition) is 3. The number of hydrogen-bond donors (Lipinski definition) is 1. The van der Waals surface area contributed by atoms with Crippen LogP contribution in [0.15, 0.2) is 29.6 Å². The van der Waals surface area contributed by atoms with Gasteiger partial charge in [-0.15, -0.1) is 23.7 Å². The molecule has 2 aromatic rings. The molecule has 1 saturated heterocycles. The molecule has 1 fully saturated rings. The van der Waals surface area contributed by atoms with Gasteiger partial charge in [0.2, 0.25) is 5.91 Å². The zero-order valence-electron chi connectivity index (χ0n) is 16.1. The van der Waals surface area contributed by atoms with Gasteiger partial charge in [-0.3, -0.25) is 4.79 Å². The molecule has 3 nitrogen and oxygen atoms in total. The fourth-order valence-corrected chi connectivity index (χ4v) is 5.09. The molecule has 2 atom stereocenters. The van der Waals surface area contributed by atoms with Crippen molar-refractivity contribution in [2.75, 3.05) is 20.1 Å². The Hall–Kier alpha value is -1.28. The van der Waals surface area contributed by atoms with Gasteiger partial charge in [0.1, 0.15) is 0 Å². The van der Waals surface area contributed by atoms with Crippen molar-refractivity contribution in [1.29, 1.82) is 0 Å². The molecule has 1 aromatic heterocycles. The maximum absolute atomic E-state index is 13.1. The Balaban J connectivity index is 0.00000300. The highest BCUT2D eigenvalue weighted by Crippen LogP contribution is 2.36. The van der Waals surface area contributed by atoms with Gasteiger partial charge in [0.15, 0.2) is 0 Å². The van der Waals surface area contributed by atoms with Crippen molar-refractivity contribution in [3.63, 3.8) is 0 Å². The Morgan fingerprint density at radius 1 is 1.34 bits per heavy atom. The summed E-state index contributed by atoms with van der Waals surface area (Å²) in [5.74, 6) is -0.161. The molecule has 160 valence electrons. The zero-order chi connectivity index (χ0) is 20.5. The number of carbonyl (C=O) groups is 1. The summed E-state index contributed by atoms with van der Waals surface area (Å²) in [7, 11) is 1.64. The topological polar surface area (TPSA) is 32.3 Å². The summed E-state index contributed by atoms with van der Waals surface area (Å²) in [6.07, 6.45) is -3.77. The number of amides is 1.